The summed E-state index contributed by atoms with van der Waals surface area (Å²) in [4.78, 5) is 15.0. The zero-order valence-electron chi connectivity index (χ0n) is 12.4. The van der Waals surface area contributed by atoms with Gasteiger partial charge in [-0.1, -0.05) is 29.8 Å². The van der Waals surface area contributed by atoms with Gasteiger partial charge in [-0.25, -0.2) is 0 Å². The summed E-state index contributed by atoms with van der Waals surface area (Å²) in [7, 11) is 0. The number of nitrogens with zero attached hydrogens (tertiary/aromatic N) is 1. The van der Waals surface area contributed by atoms with Gasteiger partial charge in [0, 0.05) is 23.9 Å². The molecule has 1 aromatic carbocycles. The van der Waals surface area contributed by atoms with Crippen LogP contribution in [0.3, 0.4) is 0 Å². The molecule has 2 aliphatic heterocycles. The van der Waals surface area contributed by atoms with Crippen LogP contribution in [0.1, 0.15) is 30.4 Å². The number of rotatable bonds is 1. The summed E-state index contributed by atoms with van der Waals surface area (Å²) in [6, 6.07) is 8.65. The second kappa shape index (κ2) is 3.89. The van der Waals surface area contributed by atoms with Gasteiger partial charge in [-0.2, -0.15) is 0 Å². The third-order valence-corrected chi connectivity index (χ3v) is 6.42. The predicted octanol–water partition coefficient (Wildman–Crippen LogP) is 2.68. The number of benzene rings is 1. The Morgan fingerprint density at radius 3 is 2.76 bits per heavy atom. The largest absolute Gasteiger partial charge is 0.349 e. The van der Waals surface area contributed by atoms with E-state index in [1.165, 1.54) is 30.4 Å². The number of amides is 1. The molecule has 4 fully saturated rings. The van der Waals surface area contributed by atoms with E-state index in [4.69, 9.17) is 4.74 Å². The number of carbonyl (C=O) groups excluding carboxylic acids is 1. The average molecular weight is 283 g/mol. The van der Waals surface area contributed by atoms with Gasteiger partial charge in [0.15, 0.2) is 5.72 Å². The molecule has 21 heavy (non-hydrogen) atoms. The highest BCUT2D eigenvalue weighted by Crippen LogP contribution is 2.65. The summed E-state index contributed by atoms with van der Waals surface area (Å²) in [5, 5.41) is 0. The van der Waals surface area contributed by atoms with Crippen molar-refractivity contribution < 1.29 is 9.53 Å². The van der Waals surface area contributed by atoms with Crippen LogP contribution in [-0.2, 0) is 15.3 Å². The second-order valence-corrected chi connectivity index (χ2v) is 7.29. The molecule has 5 atom stereocenters. The fourth-order valence-electron chi connectivity index (χ4n) is 5.70. The number of carbonyl (C=O) groups is 1. The maximum atomic E-state index is 12.9. The summed E-state index contributed by atoms with van der Waals surface area (Å²) in [5.74, 6) is 2.27. The van der Waals surface area contributed by atoms with E-state index >= 15 is 0 Å². The van der Waals surface area contributed by atoms with Crippen LogP contribution in [0, 0.1) is 30.6 Å². The van der Waals surface area contributed by atoms with Gasteiger partial charge in [-0.15, -0.1) is 0 Å². The molecule has 2 heterocycles. The van der Waals surface area contributed by atoms with Crippen molar-refractivity contribution in [3.05, 3.63) is 35.4 Å². The van der Waals surface area contributed by atoms with E-state index < -0.39 is 5.72 Å². The van der Waals surface area contributed by atoms with Gasteiger partial charge in [0.1, 0.15) is 0 Å². The van der Waals surface area contributed by atoms with Crippen LogP contribution >= 0.6 is 0 Å². The average Bonchev–Trinajstić information content (AvgIpc) is 3.22. The molecule has 4 aliphatic rings. The van der Waals surface area contributed by atoms with Crippen molar-refractivity contribution in [2.75, 3.05) is 13.2 Å². The third-order valence-electron chi connectivity index (χ3n) is 6.42. The summed E-state index contributed by atoms with van der Waals surface area (Å²) < 4.78 is 6.33. The number of hydrogen-bond donors (Lipinski definition) is 0. The van der Waals surface area contributed by atoms with E-state index in [2.05, 4.69) is 36.1 Å². The van der Waals surface area contributed by atoms with Gasteiger partial charge in [0.05, 0.1) is 6.61 Å². The molecule has 1 amide bonds. The maximum absolute atomic E-state index is 12.9. The molecule has 0 N–H and O–H groups in total. The van der Waals surface area contributed by atoms with Crippen molar-refractivity contribution in [2.45, 2.75) is 31.9 Å². The number of hydrogen-bond acceptors (Lipinski definition) is 2. The van der Waals surface area contributed by atoms with Crippen molar-refractivity contribution in [1.29, 1.82) is 0 Å². The first-order valence-electron chi connectivity index (χ1n) is 8.24. The monoisotopic (exact) mass is 283 g/mol. The molecule has 0 radical (unpaired) electrons. The van der Waals surface area contributed by atoms with E-state index in [0.717, 1.165) is 6.54 Å². The van der Waals surface area contributed by atoms with E-state index in [1.54, 1.807) is 0 Å². The Morgan fingerprint density at radius 2 is 1.95 bits per heavy atom. The topological polar surface area (TPSA) is 29.5 Å². The van der Waals surface area contributed by atoms with Crippen molar-refractivity contribution in [1.82, 2.24) is 4.90 Å². The van der Waals surface area contributed by atoms with Crippen LogP contribution < -0.4 is 0 Å². The lowest BCUT2D eigenvalue weighted by Gasteiger charge is -2.39. The van der Waals surface area contributed by atoms with Gasteiger partial charge in [0.2, 0.25) is 5.91 Å². The van der Waals surface area contributed by atoms with Gasteiger partial charge in [0.25, 0.3) is 0 Å². The highest BCUT2D eigenvalue weighted by atomic mass is 16.5. The predicted molar refractivity (Wildman–Crippen MR) is 78.3 cm³/mol. The molecule has 0 aromatic heterocycles. The Kier molecular flexibility index (Phi) is 2.26. The first kappa shape index (κ1) is 12.2. The normalized spacial score (nSPS) is 43.5. The molecular weight excluding hydrogens is 262 g/mol. The molecule has 2 aliphatic carbocycles. The summed E-state index contributed by atoms with van der Waals surface area (Å²) in [5.41, 5.74) is 2.00. The van der Waals surface area contributed by atoms with Gasteiger partial charge in [-0.05, 0) is 38.0 Å². The lowest BCUT2D eigenvalue weighted by molar-refractivity contribution is -0.144. The van der Waals surface area contributed by atoms with Crippen molar-refractivity contribution >= 4 is 5.91 Å². The molecule has 1 aromatic rings. The fraction of sp³-hybridized carbons (Fsp3) is 0.611. The molecule has 2 saturated carbocycles. The third kappa shape index (κ3) is 1.32. The molecule has 0 spiro atoms. The first-order chi connectivity index (χ1) is 10.2. The number of fused-ring (bicyclic) bond motifs is 7. The molecule has 5 rings (SSSR count). The van der Waals surface area contributed by atoms with Crippen molar-refractivity contribution in [3.63, 3.8) is 0 Å². The smallest absolute Gasteiger partial charge is 0.229 e. The van der Waals surface area contributed by atoms with Gasteiger partial charge < -0.3 is 9.64 Å². The fourth-order valence-corrected chi connectivity index (χ4v) is 5.70. The Labute approximate surface area is 125 Å². The second-order valence-electron chi connectivity index (χ2n) is 7.29. The first-order valence-corrected chi connectivity index (χ1v) is 8.24. The molecule has 0 unspecified atom stereocenters. The minimum atomic E-state index is -0.449. The number of ether oxygens (including phenoxy) is 1. The standard InChI is InChI=1S/C18H21NO2/c1-11-2-6-14(7-3-11)18-16-13-5-4-12(10-13)15(16)17(20)19(18)8-9-21-18/h2-3,6-7,12-13,15-16H,4-5,8-10H2,1H3/t12-,13+,15+,16-,18+/m0/s1. The summed E-state index contributed by atoms with van der Waals surface area (Å²) in [6.45, 7) is 3.55. The van der Waals surface area contributed by atoms with Gasteiger partial charge >= 0.3 is 0 Å². The number of aryl methyl sites for hydroxylation is 1. The minimum absolute atomic E-state index is 0.227. The maximum Gasteiger partial charge on any atom is 0.229 e. The molecule has 3 nitrogen and oxygen atoms in total. The molecule has 2 saturated heterocycles. The SMILES string of the molecule is Cc1ccc([C@]23OCCN2C(=O)[C@@H]2[C@H]4CC[C@H](C4)[C@@H]23)cc1. The zero-order valence-corrected chi connectivity index (χ0v) is 12.4. The van der Waals surface area contributed by atoms with E-state index in [1.807, 2.05) is 0 Å². The lowest BCUT2D eigenvalue weighted by atomic mass is 9.74. The Morgan fingerprint density at radius 1 is 1.19 bits per heavy atom. The molecule has 3 heteroatoms. The van der Waals surface area contributed by atoms with Crippen LogP contribution in [0.15, 0.2) is 24.3 Å². The van der Waals surface area contributed by atoms with E-state index in [0.29, 0.717) is 30.3 Å². The van der Waals surface area contributed by atoms with Crippen molar-refractivity contribution in [3.8, 4) is 0 Å². The molecule has 2 bridgehead atoms. The van der Waals surface area contributed by atoms with Gasteiger partial charge in [-0.3, -0.25) is 4.79 Å². The highest BCUT2D eigenvalue weighted by molar-refractivity contribution is 5.84. The van der Waals surface area contributed by atoms with Crippen LogP contribution in [0.25, 0.3) is 0 Å². The zero-order chi connectivity index (χ0) is 14.2. The lowest BCUT2D eigenvalue weighted by Crippen LogP contribution is -2.44. The Bertz CT molecular complexity index is 610. The van der Waals surface area contributed by atoms with E-state index in [-0.39, 0.29) is 5.92 Å². The molecular formula is C18H21NO2. The minimum Gasteiger partial charge on any atom is -0.349 e. The Balaban J connectivity index is 1.69. The molecule has 110 valence electrons. The van der Waals surface area contributed by atoms with Crippen LogP contribution in [0.4, 0.5) is 0 Å². The van der Waals surface area contributed by atoms with Crippen molar-refractivity contribution in [2.24, 2.45) is 23.7 Å². The summed E-state index contributed by atoms with van der Waals surface area (Å²) in [6.07, 6.45) is 3.77. The Hall–Kier alpha value is -1.35. The highest BCUT2D eigenvalue weighted by Gasteiger charge is 2.70. The van der Waals surface area contributed by atoms with Crippen LogP contribution in [-0.4, -0.2) is 24.0 Å². The quantitative estimate of drug-likeness (QED) is 0.793. The summed E-state index contributed by atoms with van der Waals surface area (Å²) >= 11 is 0. The van der Waals surface area contributed by atoms with Crippen LogP contribution in [0.5, 0.6) is 0 Å². The van der Waals surface area contributed by atoms with Crippen LogP contribution in [0.2, 0.25) is 0 Å². The van der Waals surface area contributed by atoms with E-state index in [9.17, 15) is 4.79 Å².